The average molecular weight is 171 g/mol. The first kappa shape index (κ1) is 9.50. The third-order valence-electron chi connectivity index (χ3n) is 1.05. The first-order chi connectivity index (χ1) is 4.06. The molecule has 1 unspecified atom stereocenters. The maximum atomic E-state index is 12.1. The number of alkyl halides is 1. The van der Waals surface area contributed by atoms with Gasteiger partial charge in [-0.1, -0.05) is 0 Å². The first-order valence-electron chi connectivity index (χ1n) is 2.45. The Morgan fingerprint density at radius 3 is 2.11 bits per heavy atom. The Bertz CT molecular complexity index is 122. The SMILES string of the molecule is COP(=S)(CF)N(C)C. The van der Waals surface area contributed by atoms with E-state index in [0.717, 1.165) is 0 Å². The molecule has 0 fully saturated rings. The van der Waals surface area contributed by atoms with Crippen molar-refractivity contribution in [2.24, 2.45) is 0 Å². The summed E-state index contributed by atoms with van der Waals surface area (Å²) in [6.45, 7) is 0. The topological polar surface area (TPSA) is 12.5 Å². The van der Waals surface area contributed by atoms with E-state index in [9.17, 15) is 4.39 Å². The molecule has 0 saturated heterocycles. The predicted molar refractivity (Wildman–Crippen MR) is 41.0 cm³/mol. The van der Waals surface area contributed by atoms with Crippen molar-refractivity contribution in [2.45, 2.75) is 0 Å². The van der Waals surface area contributed by atoms with E-state index >= 15 is 0 Å². The smallest absolute Gasteiger partial charge is 0.161 e. The van der Waals surface area contributed by atoms with Gasteiger partial charge in [-0.3, -0.25) is 4.67 Å². The number of rotatable bonds is 3. The zero-order valence-electron chi connectivity index (χ0n) is 5.80. The van der Waals surface area contributed by atoms with Gasteiger partial charge in [0.2, 0.25) is 0 Å². The normalized spacial score (nSPS) is 17.9. The second-order valence-electron chi connectivity index (χ2n) is 1.79. The lowest BCUT2D eigenvalue weighted by atomic mass is 11.3. The minimum atomic E-state index is -2.25. The van der Waals surface area contributed by atoms with Gasteiger partial charge in [-0.05, 0) is 25.9 Å². The van der Waals surface area contributed by atoms with E-state index in [-0.39, 0.29) is 0 Å². The molecular weight excluding hydrogens is 160 g/mol. The van der Waals surface area contributed by atoms with Crippen LogP contribution < -0.4 is 0 Å². The zero-order valence-corrected chi connectivity index (χ0v) is 7.51. The minimum Gasteiger partial charge on any atom is -0.339 e. The van der Waals surface area contributed by atoms with Gasteiger partial charge in [0.25, 0.3) is 0 Å². The summed E-state index contributed by atoms with van der Waals surface area (Å²) in [6, 6.07) is 0. The molecule has 0 aromatic rings. The number of hydrogen-bond acceptors (Lipinski definition) is 2. The van der Waals surface area contributed by atoms with Gasteiger partial charge in [0, 0.05) is 7.11 Å². The monoisotopic (exact) mass is 171 g/mol. The highest BCUT2D eigenvalue weighted by Gasteiger charge is 2.17. The molecule has 0 aromatic carbocycles. The van der Waals surface area contributed by atoms with Crippen molar-refractivity contribution in [3.8, 4) is 0 Å². The predicted octanol–water partition coefficient (Wildman–Crippen LogP) is 1.43. The summed E-state index contributed by atoms with van der Waals surface area (Å²) in [4.78, 5) is 0. The molecule has 0 N–H and O–H groups in total. The van der Waals surface area contributed by atoms with Crippen molar-refractivity contribution >= 4 is 18.2 Å². The summed E-state index contributed by atoms with van der Waals surface area (Å²) in [5.74, 6) is 0. The number of hydrogen-bond donors (Lipinski definition) is 0. The molecule has 0 bridgehead atoms. The Kier molecular flexibility index (Phi) is 3.82. The fraction of sp³-hybridized carbons (Fsp3) is 1.00. The highest BCUT2D eigenvalue weighted by molar-refractivity contribution is 8.11. The van der Waals surface area contributed by atoms with E-state index < -0.39 is 12.8 Å². The molecule has 0 aliphatic heterocycles. The molecule has 0 heterocycles. The molecule has 5 heteroatoms. The molecule has 0 amide bonds. The zero-order chi connectivity index (χ0) is 7.49. The van der Waals surface area contributed by atoms with Crippen LogP contribution in [0.5, 0.6) is 0 Å². The lowest BCUT2D eigenvalue weighted by Crippen LogP contribution is -2.10. The van der Waals surface area contributed by atoms with Crippen molar-refractivity contribution in [1.29, 1.82) is 0 Å². The molecule has 0 rings (SSSR count). The fourth-order valence-corrected chi connectivity index (χ4v) is 0.957. The third-order valence-corrected chi connectivity index (χ3v) is 4.86. The third kappa shape index (κ3) is 2.30. The minimum absolute atomic E-state index is 0.564. The van der Waals surface area contributed by atoms with E-state index in [0.29, 0.717) is 0 Å². The quantitative estimate of drug-likeness (QED) is 0.596. The molecule has 0 aliphatic carbocycles. The number of nitrogens with zero attached hydrogens (tertiary/aromatic N) is 1. The van der Waals surface area contributed by atoms with Crippen LogP contribution >= 0.6 is 6.42 Å². The fourth-order valence-electron chi connectivity index (χ4n) is 0.319. The Labute approximate surface area is 60.1 Å². The average Bonchev–Trinajstić information content (AvgIpc) is 1.86. The molecule has 0 saturated carbocycles. The van der Waals surface area contributed by atoms with Crippen molar-refractivity contribution in [3.63, 3.8) is 0 Å². The summed E-state index contributed by atoms with van der Waals surface area (Å²) < 4.78 is 18.5. The van der Waals surface area contributed by atoms with Crippen LogP contribution in [-0.4, -0.2) is 32.3 Å². The van der Waals surface area contributed by atoms with Crippen LogP contribution in [0.25, 0.3) is 0 Å². The molecule has 0 aliphatic rings. The highest BCUT2D eigenvalue weighted by atomic mass is 32.4. The van der Waals surface area contributed by atoms with E-state index in [1.807, 2.05) is 0 Å². The molecule has 1 atom stereocenters. The lowest BCUT2D eigenvalue weighted by Gasteiger charge is -2.23. The first-order valence-corrected chi connectivity index (χ1v) is 5.31. The van der Waals surface area contributed by atoms with E-state index in [1.165, 1.54) is 7.11 Å². The van der Waals surface area contributed by atoms with Crippen molar-refractivity contribution < 1.29 is 8.91 Å². The summed E-state index contributed by atoms with van der Waals surface area (Å²) in [6.07, 6.45) is -2.82. The van der Waals surface area contributed by atoms with Gasteiger partial charge in [-0.25, -0.2) is 4.39 Å². The molecular formula is C4H11FNOPS. The van der Waals surface area contributed by atoms with Gasteiger partial charge in [0.15, 0.2) is 12.8 Å². The van der Waals surface area contributed by atoms with Crippen LogP contribution in [0.15, 0.2) is 0 Å². The van der Waals surface area contributed by atoms with Gasteiger partial charge in [0.1, 0.15) is 0 Å². The van der Waals surface area contributed by atoms with Crippen molar-refractivity contribution in [1.82, 2.24) is 4.67 Å². The van der Waals surface area contributed by atoms with E-state index in [1.54, 1.807) is 18.8 Å². The standard InChI is InChI=1S/C4H11FNOPS/c1-6(2)8(9,4-5)7-3/h4H2,1-3H3. The summed E-state index contributed by atoms with van der Waals surface area (Å²) in [5.41, 5.74) is 0. The summed E-state index contributed by atoms with van der Waals surface area (Å²) in [7, 11) is 4.90. The van der Waals surface area contributed by atoms with E-state index in [4.69, 9.17) is 16.3 Å². The second kappa shape index (κ2) is 3.62. The molecule has 0 aromatic heterocycles. The highest BCUT2D eigenvalue weighted by Crippen LogP contribution is 2.47. The maximum absolute atomic E-state index is 12.1. The number of halogens is 1. The van der Waals surface area contributed by atoms with Crippen LogP contribution in [0.3, 0.4) is 0 Å². The van der Waals surface area contributed by atoms with Gasteiger partial charge in [-0.15, -0.1) is 0 Å². The molecule has 0 radical (unpaired) electrons. The van der Waals surface area contributed by atoms with Crippen LogP contribution in [0.1, 0.15) is 0 Å². The molecule has 9 heavy (non-hydrogen) atoms. The van der Waals surface area contributed by atoms with Crippen LogP contribution in [-0.2, 0) is 16.3 Å². The summed E-state index contributed by atoms with van der Waals surface area (Å²) in [5, 5.41) is 0. The van der Waals surface area contributed by atoms with Gasteiger partial charge >= 0.3 is 0 Å². The molecule has 56 valence electrons. The van der Waals surface area contributed by atoms with Crippen LogP contribution in [0.2, 0.25) is 0 Å². The van der Waals surface area contributed by atoms with E-state index in [2.05, 4.69) is 0 Å². The Morgan fingerprint density at radius 2 is 2.11 bits per heavy atom. The van der Waals surface area contributed by atoms with Crippen molar-refractivity contribution in [2.75, 3.05) is 27.6 Å². The Balaban J connectivity index is 4.11. The van der Waals surface area contributed by atoms with Gasteiger partial charge in [-0.2, -0.15) is 0 Å². The van der Waals surface area contributed by atoms with Gasteiger partial charge in [0.05, 0.1) is 0 Å². The Morgan fingerprint density at radius 1 is 1.67 bits per heavy atom. The van der Waals surface area contributed by atoms with Crippen LogP contribution in [0, 0.1) is 0 Å². The molecule has 0 spiro atoms. The largest absolute Gasteiger partial charge is 0.339 e. The maximum Gasteiger partial charge on any atom is 0.161 e. The van der Waals surface area contributed by atoms with Gasteiger partial charge < -0.3 is 4.52 Å². The molecule has 2 nitrogen and oxygen atoms in total. The summed E-state index contributed by atoms with van der Waals surface area (Å²) >= 11 is 4.87. The Hall–Kier alpha value is 0.500. The second-order valence-corrected chi connectivity index (χ2v) is 6.18. The lowest BCUT2D eigenvalue weighted by molar-refractivity contribution is 0.394. The van der Waals surface area contributed by atoms with Crippen molar-refractivity contribution in [3.05, 3.63) is 0 Å². The van der Waals surface area contributed by atoms with Crippen LogP contribution in [0.4, 0.5) is 4.39 Å².